The molecule has 1 saturated heterocycles. The molecule has 0 radical (unpaired) electrons. The molecule has 1 heterocycles. The van der Waals surface area contributed by atoms with Gasteiger partial charge in [0.25, 0.3) is 5.91 Å². The van der Waals surface area contributed by atoms with Crippen molar-refractivity contribution in [2.45, 2.75) is 63.6 Å². The normalized spacial score (nSPS) is 20.4. The molecule has 6 heteroatoms. The molecule has 1 aromatic rings. The summed E-state index contributed by atoms with van der Waals surface area (Å²) < 4.78 is 11.5. The van der Waals surface area contributed by atoms with Crippen molar-refractivity contribution in [1.82, 2.24) is 10.2 Å². The molecule has 1 aliphatic carbocycles. The third-order valence-corrected chi connectivity index (χ3v) is 5.69. The number of carbonyl (C=O) groups excluding carboxylic acids is 1. The van der Waals surface area contributed by atoms with Crippen LogP contribution in [0.4, 0.5) is 0 Å². The Morgan fingerprint density at radius 2 is 1.96 bits per heavy atom. The molecule has 0 bridgehead atoms. The number of amides is 1. The maximum absolute atomic E-state index is 12.6. The zero-order valence-electron chi connectivity index (χ0n) is 16.4. The summed E-state index contributed by atoms with van der Waals surface area (Å²) in [6.45, 7) is 3.78. The summed E-state index contributed by atoms with van der Waals surface area (Å²) in [5.41, 5.74) is 0.452. The summed E-state index contributed by atoms with van der Waals surface area (Å²) in [7, 11) is 1.58. The number of likely N-dealkylation sites (tertiary alicyclic amines) is 1. The van der Waals surface area contributed by atoms with Crippen molar-refractivity contribution in [1.29, 1.82) is 0 Å². The van der Waals surface area contributed by atoms with Gasteiger partial charge in [-0.15, -0.1) is 0 Å². The molecular formula is C21H32N2O4. The Hall–Kier alpha value is -1.79. The van der Waals surface area contributed by atoms with Crippen LogP contribution in [0, 0.1) is 0 Å². The molecule has 1 aromatic carbocycles. The van der Waals surface area contributed by atoms with Crippen LogP contribution in [0.5, 0.6) is 11.5 Å². The summed E-state index contributed by atoms with van der Waals surface area (Å²) in [4.78, 5) is 15.2. The maximum Gasteiger partial charge on any atom is 0.255 e. The first kappa shape index (κ1) is 20.0. The van der Waals surface area contributed by atoms with Crippen LogP contribution in [0.3, 0.4) is 0 Å². The highest BCUT2D eigenvalue weighted by Gasteiger charge is 2.28. The van der Waals surface area contributed by atoms with E-state index in [1.807, 2.05) is 6.07 Å². The monoisotopic (exact) mass is 376 g/mol. The summed E-state index contributed by atoms with van der Waals surface area (Å²) in [5.74, 6) is 0.937. The third kappa shape index (κ3) is 5.14. The van der Waals surface area contributed by atoms with E-state index in [2.05, 4.69) is 10.2 Å². The van der Waals surface area contributed by atoms with E-state index in [4.69, 9.17) is 9.47 Å². The van der Waals surface area contributed by atoms with Gasteiger partial charge in [-0.2, -0.15) is 0 Å². The zero-order chi connectivity index (χ0) is 19.2. The largest absolute Gasteiger partial charge is 0.497 e. The van der Waals surface area contributed by atoms with Gasteiger partial charge in [0.1, 0.15) is 17.6 Å². The van der Waals surface area contributed by atoms with Crippen molar-refractivity contribution >= 4 is 5.91 Å². The zero-order valence-corrected chi connectivity index (χ0v) is 16.4. The first-order valence-electron chi connectivity index (χ1n) is 10.1. The Labute approximate surface area is 161 Å². The Balaban J connectivity index is 1.64. The van der Waals surface area contributed by atoms with Gasteiger partial charge in [-0.3, -0.25) is 4.79 Å². The number of hydrogen-bond acceptors (Lipinski definition) is 5. The van der Waals surface area contributed by atoms with Crippen LogP contribution in [-0.2, 0) is 0 Å². The molecule has 2 N–H and O–H groups in total. The minimum Gasteiger partial charge on any atom is -0.497 e. The van der Waals surface area contributed by atoms with Gasteiger partial charge in [-0.05, 0) is 50.8 Å². The highest BCUT2D eigenvalue weighted by Crippen LogP contribution is 2.30. The lowest BCUT2D eigenvalue weighted by Crippen LogP contribution is -2.43. The third-order valence-electron chi connectivity index (χ3n) is 5.69. The van der Waals surface area contributed by atoms with Crippen LogP contribution >= 0.6 is 0 Å². The summed E-state index contributed by atoms with van der Waals surface area (Å²) in [6.07, 6.45) is 7.47. The average Bonchev–Trinajstić information content (AvgIpc) is 3.23. The summed E-state index contributed by atoms with van der Waals surface area (Å²) in [6, 6.07) is 5.76. The number of methoxy groups -OCH3 is 1. The molecule has 1 atom stereocenters. The van der Waals surface area contributed by atoms with Crippen molar-refractivity contribution in [3.8, 4) is 11.5 Å². The smallest absolute Gasteiger partial charge is 0.255 e. The average molecular weight is 376 g/mol. The molecule has 0 unspecified atom stereocenters. The minimum atomic E-state index is -0.314. The second kappa shape index (κ2) is 9.42. The molecule has 1 saturated carbocycles. The van der Waals surface area contributed by atoms with Gasteiger partial charge >= 0.3 is 0 Å². The molecule has 150 valence electrons. The van der Waals surface area contributed by atoms with Crippen molar-refractivity contribution in [2.24, 2.45) is 0 Å². The molecule has 1 aliphatic heterocycles. The number of piperidine rings is 1. The predicted octanol–water partition coefficient (Wildman–Crippen LogP) is 2.59. The van der Waals surface area contributed by atoms with Gasteiger partial charge in [0.2, 0.25) is 0 Å². The molecule has 0 aromatic heterocycles. The van der Waals surface area contributed by atoms with Crippen LogP contribution in [0.1, 0.15) is 55.8 Å². The minimum absolute atomic E-state index is 0.106. The van der Waals surface area contributed by atoms with Crippen LogP contribution in [-0.4, -0.2) is 60.9 Å². The van der Waals surface area contributed by atoms with Crippen LogP contribution in [0.25, 0.3) is 0 Å². The molecular weight excluding hydrogens is 344 g/mol. The quantitative estimate of drug-likeness (QED) is 0.765. The van der Waals surface area contributed by atoms with Gasteiger partial charge in [0, 0.05) is 25.2 Å². The Bertz CT molecular complexity index is 623. The van der Waals surface area contributed by atoms with E-state index in [0.717, 1.165) is 32.0 Å². The van der Waals surface area contributed by atoms with Crippen LogP contribution < -0.4 is 14.8 Å². The number of hydrogen-bond donors (Lipinski definition) is 2. The first-order chi connectivity index (χ1) is 13.1. The fourth-order valence-electron chi connectivity index (χ4n) is 4.07. The molecule has 0 spiro atoms. The predicted molar refractivity (Wildman–Crippen MR) is 104 cm³/mol. The van der Waals surface area contributed by atoms with E-state index in [0.29, 0.717) is 17.1 Å². The number of aliphatic hydroxyl groups is 1. The second-order valence-electron chi connectivity index (χ2n) is 7.71. The number of ether oxygens (including phenoxy) is 2. The topological polar surface area (TPSA) is 71.0 Å². The van der Waals surface area contributed by atoms with E-state index in [1.54, 1.807) is 26.2 Å². The highest BCUT2D eigenvalue weighted by molar-refractivity contribution is 5.97. The standard InChI is InChI=1S/C21H32N2O4/c1-15(14-24)22-21(25)19-13-18(26-2)7-8-20(19)27-17-9-11-23(12-10-17)16-5-3-4-6-16/h7-8,13,15-17,24H,3-6,9-12,14H2,1-2H3,(H,22,25)/t15-/m0/s1. The van der Waals surface area contributed by atoms with Crippen LogP contribution in [0.2, 0.25) is 0 Å². The van der Waals surface area contributed by atoms with Crippen molar-refractivity contribution in [3.05, 3.63) is 23.8 Å². The number of benzene rings is 1. The number of carbonyl (C=O) groups is 1. The van der Waals surface area contributed by atoms with Gasteiger partial charge in [0.15, 0.2) is 0 Å². The molecule has 3 rings (SSSR count). The Kier molecular flexibility index (Phi) is 6.96. The molecule has 6 nitrogen and oxygen atoms in total. The second-order valence-corrected chi connectivity index (χ2v) is 7.71. The molecule has 2 aliphatic rings. The van der Waals surface area contributed by atoms with Crippen molar-refractivity contribution < 1.29 is 19.4 Å². The van der Waals surface area contributed by atoms with E-state index in [9.17, 15) is 9.90 Å². The fourth-order valence-corrected chi connectivity index (χ4v) is 4.07. The molecule has 1 amide bonds. The SMILES string of the molecule is COc1ccc(OC2CCN(C3CCCC3)CC2)c(C(=O)N[C@@H](C)CO)c1. The number of rotatable bonds is 7. The van der Waals surface area contributed by atoms with Crippen molar-refractivity contribution in [3.63, 3.8) is 0 Å². The summed E-state index contributed by atoms with van der Waals surface area (Å²) >= 11 is 0. The molecule has 27 heavy (non-hydrogen) atoms. The van der Waals surface area contributed by atoms with Gasteiger partial charge in [-0.25, -0.2) is 0 Å². The molecule has 2 fully saturated rings. The summed E-state index contributed by atoms with van der Waals surface area (Å²) in [5, 5.41) is 12.0. The van der Waals surface area contributed by atoms with E-state index in [-0.39, 0.29) is 24.7 Å². The highest BCUT2D eigenvalue weighted by atomic mass is 16.5. The number of aliphatic hydroxyl groups excluding tert-OH is 1. The Morgan fingerprint density at radius 1 is 1.26 bits per heavy atom. The van der Waals surface area contributed by atoms with Gasteiger partial charge in [-0.1, -0.05) is 12.8 Å². The lowest BCUT2D eigenvalue weighted by atomic mass is 10.0. The van der Waals surface area contributed by atoms with E-state index in [1.165, 1.54) is 25.7 Å². The lowest BCUT2D eigenvalue weighted by molar-refractivity contribution is 0.0746. The number of nitrogens with one attached hydrogen (secondary N) is 1. The number of nitrogens with zero attached hydrogens (tertiary/aromatic N) is 1. The first-order valence-corrected chi connectivity index (χ1v) is 10.1. The van der Waals surface area contributed by atoms with Crippen molar-refractivity contribution in [2.75, 3.05) is 26.8 Å². The van der Waals surface area contributed by atoms with E-state index < -0.39 is 0 Å². The van der Waals surface area contributed by atoms with Crippen LogP contribution in [0.15, 0.2) is 18.2 Å². The van der Waals surface area contributed by atoms with Gasteiger partial charge < -0.3 is 24.8 Å². The fraction of sp³-hybridized carbons (Fsp3) is 0.667. The van der Waals surface area contributed by atoms with Gasteiger partial charge in [0.05, 0.1) is 19.3 Å². The maximum atomic E-state index is 12.6. The lowest BCUT2D eigenvalue weighted by Gasteiger charge is -2.36. The van der Waals surface area contributed by atoms with E-state index >= 15 is 0 Å². The Morgan fingerprint density at radius 3 is 2.59 bits per heavy atom.